The summed E-state index contributed by atoms with van der Waals surface area (Å²) in [5.74, 6) is 0.406. The highest BCUT2D eigenvalue weighted by molar-refractivity contribution is 7.90. The molecule has 1 N–H and O–H groups in total. The lowest BCUT2D eigenvalue weighted by Gasteiger charge is -2.12. The highest BCUT2D eigenvalue weighted by atomic mass is 32.2. The quantitative estimate of drug-likeness (QED) is 0.583. The maximum Gasteiger partial charge on any atom is 0.268 e. The summed E-state index contributed by atoms with van der Waals surface area (Å²) in [5, 5.41) is 11.1. The lowest BCUT2D eigenvalue weighted by molar-refractivity contribution is 0.281. The van der Waals surface area contributed by atoms with Crippen LogP contribution in [0, 0.1) is 6.92 Å². The molecular formula is C21H19NO4S. The van der Waals surface area contributed by atoms with Crippen LogP contribution in [0.3, 0.4) is 0 Å². The number of nitrogens with zero attached hydrogens (tertiary/aromatic N) is 1. The third-order valence-corrected chi connectivity index (χ3v) is 6.44. The van der Waals surface area contributed by atoms with Crippen LogP contribution in [0.1, 0.15) is 11.1 Å². The van der Waals surface area contributed by atoms with E-state index < -0.39 is 10.0 Å². The molecule has 0 atom stereocenters. The predicted octanol–water partition coefficient (Wildman–Crippen LogP) is 3.84. The summed E-state index contributed by atoms with van der Waals surface area (Å²) in [5.41, 5.74) is 2.69. The highest BCUT2D eigenvalue weighted by Gasteiger charge is 2.25. The van der Waals surface area contributed by atoms with E-state index in [1.54, 1.807) is 42.5 Å². The molecule has 0 saturated heterocycles. The maximum atomic E-state index is 13.5. The van der Waals surface area contributed by atoms with Gasteiger partial charge in [-0.1, -0.05) is 35.9 Å². The summed E-state index contributed by atoms with van der Waals surface area (Å²) in [6.07, 6.45) is 0. The Hall–Kier alpha value is -2.83. The Bertz CT molecular complexity index is 1260. The molecule has 0 unspecified atom stereocenters. The number of aromatic nitrogens is 1. The van der Waals surface area contributed by atoms with E-state index in [1.807, 2.05) is 25.1 Å². The zero-order valence-corrected chi connectivity index (χ0v) is 15.8. The number of fused-ring (bicyclic) bond motifs is 3. The molecule has 138 valence electrons. The largest absolute Gasteiger partial charge is 0.494 e. The SMILES string of the molecule is COc1cc(CO)cc2c3ccccc3n(S(=O)(=O)c3ccc(C)cc3)c12. The lowest BCUT2D eigenvalue weighted by Crippen LogP contribution is -2.13. The number of para-hydroxylation sites is 1. The van der Waals surface area contributed by atoms with Crippen molar-refractivity contribution in [2.75, 3.05) is 7.11 Å². The number of hydrogen-bond donors (Lipinski definition) is 1. The van der Waals surface area contributed by atoms with Gasteiger partial charge in [-0.15, -0.1) is 0 Å². The number of methoxy groups -OCH3 is 1. The first-order valence-electron chi connectivity index (χ1n) is 8.50. The predicted molar refractivity (Wildman–Crippen MR) is 106 cm³/mol. The van der Waals surface area contributed by atoms with Crippen molar-refractivity contribution < 1.29 is 18.3 Å². The molecule has 0 amide bonds. The van der Waals surface area contributed by atoms with Crippen LogP contribution < -0.4 is 4.74 Å². The minimum absolute atomic E-state index is 0.156. The fraction of sp³-hybridized carbons (Fsp3) is 0.143. The first-order valence-corrected chi connectivity index (χ1v) is 9.94. The van der Waals surface area contributed by atoms with Gasteiger partial charge in [0.1, 0.15) is 11.3 Å². The maximum absolute atomic E-state index is 13.5. The van der Waals surface area contributed by atoms with E-state index in [4.69, 9.17) is 4.74 Å². The van der Waals surface area contributed by atoms with Gasteiger partial charge in [-0.05, 0) is 42.8 Å². The minimum atomic E-state index is -3.84. The molecule has 5 nitrogen and oxygen atoms in total. The molecule has 0 fully saturated rings. The van der Waals surface area contributed by atoms with Crippen LogP contribution in [0.4, 0.5) is 0 Å². The number of benzene rings is 3. The van der Waals surface area contributed by atoms with Gasteiger partial charge in [-0.2, -0.15) is 0 Å². The zero-order valence-electron chi connectivity index (χ0n) is 15.0. The molecule has 1 aromatic heterocycles. The molecule has 3 aromatic carbocycles. The van der Waals surface area contributed by atoms with Gasteiger partial charge in [0.15, 0.2) is 0 Å². The topological polar surface area (TPSA) is 68.5 Å². The normalized spacial score (nSPS) is 12.0. The second-order valence-electron chi connectivity index (χ2n) is 6.45. The summed E-state index contributed by atoms with van der Waals surface area (Å²) >= 11 is 0. The Morgan fingerprint density at radius 1 is 1.00 bits per heavy atom. The van der Waals surface area contributed by atoms with Gasteiger partial charge in [-0.3, -0.25) is 0 Å². The molecule has 0 spiro atoms. The van der Waals surface area contributed by atoms with Crippen LogP contribution in [-0.2, 0) is 16.6 Å². The van der Waals surface area contributed by atoms with Gasteiger partial charge < -0.3 is 9.84 Å². The van der Waals surface area contributed by atoms with Crippen molar-refractivity contribution in [2.24, 2.45) is 0 Å². The number of aryl methyl sites for hydroxylation is 1. The molecule has 1 heterocycles. The molecule has 0 aliphatic heterocycles. The van der Waals surface area contributed by atoms with E-state index in [-0.39, 0.29) is 11.5 Å². The lowest BCUT2D eigenvalue weighted by atomic mass is 10.1. The molecule has 0 aliphatic carbocycles. The van der Waals surface area contributed by atoms with Crippen LogP contribution in [-0.4, -0.2) is 24.6 Å². The molecule has 27 heavy (non-hydrogen) atoms. The second kappa shape index (κ2) is 6.40. The van der Waals surface area contributed by atoms with Gasteiger partial charge in [0.2, 0.25) is 0 Å². The Morgan fingerprint density at radius 3 is 2.37 bits per heavy atom. The van der Waals surface area contributed by atoms with Crippen molar-refractivity contribution in [3.8, 4) is 5.75 Å². The average molecular weight is 381 g/mol. The summed E-state index contributed by atoms with van der Waals surface area (Å²) in [6, 6.07) is 17.6. The monoisotopic (exact) mass is 381 g/mol. The molecule has 4 aromatic rings. The van der Waals surface area contributed by atoms with Crippen LogP contribution in [0.25, 0.3) is 21.8 Å². The van der Waals surface area contributed by atoms with Crippen molar-refractivity contribution in [3.63, 3.8) is 0 Å². The number of hydrogen-bond acceptors (Lipinski definition) is 4. The minimum Gasteiger partial charge on any atom is -0.494 e. The average Bonchev–Trinajstić information content (AvgIpc) is 3.02. The molecule has 6 heteroatoms. The van der Waals surface area contributed by atoms with E-state index in [9.17, 15) is 13.5 Å². The van der Waals surface area contributed by atoms with Gasteiger partial charge in [0, 0.05) is 10.8 Å². The van der Waals surface area contributed by atoms with E-state index in [0.29, 0.717) is 22.3 Å². The fourth-order valence-electron chi connectivity index (χ4n) is 3.39. The number of ether oxygens (including phenoxy) is 1. The number of rotatable bonds is 4. The van der Waals surface area contributed by atoms with Crippen molar-refractivity contribution in [2.45, 2.75) is 18.4 Å². The molecule has 0 saturated carbocycles. The van der Waals surface area contributed by atoms with Crippen molar-refractivity contribution in [1.82, 2.24) is 3.97 Å². The van der Waals surface area contributed by atoms with Crippen LogP contribution >= 0.6 is 0 Å². The molecule has 0 radical (unpaired) electrons. The highest BCUT2D eigenvalue weighted by Crippen LogP contribution is 2.38. The smallest absolute Gasteiger partial charge is 0.268 e. The first kappa shape index (κ1) is 17.6. The van der Waals surface area contributed by atoms with Crippen LogP contribution in [0.5, 0.6) is 5.75 Å². The zero-order chi connectivity index (χ0) is 19.2. The fourth-order valence-corrected chi connectivity index (χ4v) is 4.93. The van der Waals surface area contributed by atoms with Crippen molar-refractivity contribution in [1.29, 1.82) is 0 Å². The third-order valence-electron chi connectivity index (χ3n) is 4.71. The summed E-state index contributed by atoms with van der Waals surface area (Å²) in [7, 11) is -2.35. The van der Waals surface area contributed by atoms with Gasteiger partial charge >= 0.3 is 0 Å². The van der Waals surface area contributed by atoms with E-state index in [1.165, 1.54) is 11.1 Å². The standard InChI is InChI=1S/C21H19NO4S/c1-14-7-9-16(10-8-14)27(24,25)22-19-6-4-3-5-17(19)18-11-15(13-23)12-20(26-2)21(18)22/h3-12,23H,13H2,1-2H3. The first-order chi connectivity index (χ1) is 13.0. The summed E-state index contributed by atoms with van der Waals surface area (Å²) in [4.78, 5) is 0.212. The Kier molecular flexibility index (Phi) is 4.17. The second-order valence-corrected chi connectivity index (χ2v) is 8.24. The van der Waals surface area contributed by atoms with Crippen LogP contribution in [0.2, 0.25) is 0 Å². The van der Waals surface area contributed by atoms with Crippen molar-refractivity contribution in [3.05, 3.63) is 71.8 Å². The molecule has 0 bridgehead atoms. The van der Waals surface area contributed by atoms with E-state index in [2.05, 4.69) is 0 Å². The Balaban J connectivity index is 2.17. The van der Waals surface area contributed by atoms with Gasteiger partial charge in [0.25, 0.3) is 10.0 Å². The van der Waals surface area contributed by atoms with Gasteiger partial charge in [-0.25, -0.2) is 12.4 Å². The Labute approximate surface area is 157 Å². The van der Waals surface area contributed by atoms with E-state index >= 15 is 0 Å². The van der Waals surface area contributed by atoms with Crippen molar-refractivity contribution >= 4 is 31.8 Å². The Morgan fingerprint density at radius 2 is 1.70 bits per heavy atom. The molecule has 0 aliphatic rings. The van der Waals surface area contributed by atoms with Gasteiger partial charge in [0.05, 0.1) is 24.1 Å². The summed E-state index contributed by atoms with van der Waals surface area (Å²) < 4.78 is 33.9. The van der Waals surface area contributed by atoms with Crippen LogP contribution in [0.15, 0.2) is 65.6 Å². The number of aliphatic hydroxyl groups excluding tert-OH is 1. The number of aliphatic hydroxyl groups is 1. The third kappa shape index (κ3) is 2.69. The van der Waals surface area contributed by atoms with E-state index in [0.717, 1.165) is 16.3 Å². The molecule has 4 rings (SSSR count). The summed E-state index contributed by atoms with van der Waals surface area (Å²) in [6.45, 7) is 1.76. The molecular weight excluding hydrogens is 362 g/mol.